The summed E-state index contributed by atoms with van der Waals surface area (Å²) in [5.74, 6) is -4.36. The number of carbonyl (C=O) groups is 4. The number of hydrogen-bond donors (Lipinski definition) is 0. The molecule has 168 valence electrons. The Morgan fingerprint density at radius 2 is 1.29 bits per heavy atom. The zero-order chi connectivity index (χ0) is 23.8. The Hall–Kier alpha value is -3.90. The Labute approximate surface area is 196 Å². The summed E-state index contributed by atoms with van der Waals surface area (Å²) in [7, 11) is 0. The second-order valence-corrected chi connectivity index (χ2v) is 9.25. The Kier molecular flexibility index (Phi) is 4.29. The van der Waals surface area contributed by atoms with Gasteiger partial charge in [-0.2, -0.15) is 0 Å². The van der Waals surface area contributed by atoms with Crippen molar-refractivity contribution in [1.29, 1.82) is 0 Å². The molecule has 6 rings (SSSR count). The topological polar surface area (TPSA) is 80.8 Å². The molecular weight excluding hydrogens is 430 g/mol. The zero-order valence-electron chi connectivity index (χ0n) is 18.6. The monoisotopic (exact) mass is 451 g/mol. The first-order chi connectivity index (χ1) is 16.3. The van der Waals surface area contributed by atoms with Gasteiger partial charge in [0.1, 0.15) is 0 Å². The minimum atomic E-state index is -2.05. The standard InChI is InChI=1S/C28H21NO5/c1-15-12-16(2)14-18(13-15)29-26(32)21-22(27(29)33)28(34-23(21)17-8-4-3-5-9-17)24(30)19-10-6-7-11-20(19)25(28)31/h3-14,21-23H,1-2H3/t21-,22+,23+/m0/s1. The van der Waals surface area contributed by atoms with Gasteiger partial charge in [0, 0.05) is 11.1 Å². The molecule has 3 aliphatic rings. The lowest BCUT2D eigenvalue weighted by molar-refractivity contribution is -0.127. The summed E-state index contributed by atoms with van der Waals surface area (Å²) in [6.45, 7) is 3.78. The van der Waals surface area contributed by atoms with E-state index in [-0.39, 0.29) is 11.1 Å². The number of fused-ring (bicyclic) bond motifs is 3. The van der Waals surface area contributed by atoms with Crippen LogP contribution in [0.2, 0.25) is 0 Å². The van der Waals surface area contributed by atoms with E-state index in [4.69, 9.17) is 4.74 Å². The van der Waals surface area contributed by atoms with E-state index in [2.05, 4.69) is 0 Å². The second-order valence-electron chi connectivity index (χ2n) is 9.25. The molecule has 34 heavy (non-hydrogen) atoms. The van der Waals surface area contributed by atoms with Crippen molar-refractivity contribution in [2.24, 2.45) is 11.8 Å². The van der Waals surface area contributed by atoms with Crippen LogP contribution < -0.4 is 4.90 Å². The van der Waals surface area contributed by atoms with Gasteiger partial charge in [-0.05, 0) is 42.7 Å². The van der Waals surface area contributed by atoms with Crippen LogP contribution in [0, 0.1) is 25.7 Å². The highest BCUT2D eigenvalue weighted by atomic mass is 16.5. The van der Waals surface area contributed by atoms with E-state index in [0.717, 1.165) is 16.0 Å². The first kappa shape index (κ1) is 20.7. The summed E-state index contributed by atoms with van der Waals surface area (Å²) in [5, 5.41) is 0. The van der Waals surface area contributed by atoms with E-state index in [0.29, 0.717) is 11.3 Å². The largest absolute Gasteiger partial charge is 0.349 e. The van der Waals surface area contributed by atoms with Crippen LogP contribution in [0.25, 0.3) is 0 Å². The van der Waals surface area contributed by atoms with Crippen molar-refractivity contribution in [2.75, 3.05) is 4.90 Å². The number of nitrogens with zero attached hydrogens (tertiary/aromatic N) is 1. The van der Waals surface area contributed by atoms with Gasteiger partial charge in [0.15, 0.2) is 0 Å². The second kappa shape index (κ2) is 7.05. The molecule has 0 saturated carbocycles. The molecule has 3 atom stereocenters. The lowest BCUT2D eigenvalue weighted by Gasteiger charge is -2.27. The molecule has 2 saturated heterocycles. The van der Waals surface area contributed by atoms with E-state index in [9.17, 15) is 19.2 Å². The van der Waals surface area contributed by atoms with E-state index in [1.54, 1.807) is 60.7 Å². The average molecular weight is 451 g/mol. The van der Waals surface area contributed by atoms with Crippen LogP contribution >= 0.6 is 0 Å². The van der Waals surface area contributed by atoms with Crippen LogP contribution in [0.4, 0.5) is 5.69 Å². The lowest BCUT2D eigenvalue weighted by atomic mass is 9.77. The number of benzene rings is 3. The normalized spacial score (nSPS) is 24.8. The third kappa shape index (κ3) is 2.54. The minimum Gasteiger partial charge on any atom is -0.349 e. The number of hydrogen-bond acceptors (Lipinski definition) is 5. The molecular formula is C28H21NO5. The SMILES string of the molecule is Cc1cc(C)cc(N2C(=O)[C@@H]3[C@@H](c4ccccc4)OC4(C(=O)c5ccccc5C4=O)[C@H]3C2=O)c1. The van der Waals surface area contributed by atoms with Crippen molar-refractivity contribution in [3.05, 3.63) is 101 Å². The highest BCUT2D eigenvalue weighted by Gasteiger charge is 2.74. The summed E-state index contributed by atoms with van der Waals surface area (Å²) in [5.41, 5.74) is 1.30. The summed E-state index contributed by atoms with van der Waals surface area (Å²) < 4.78 is 6.28. The van der Waals surface area contributed by atoms with Gasteiger partial charge >= 0.3 is 0 Å². The van der Waals surface area contributed by atoms with Crippen LogP contribution in [-0.2, 0) is 14.3 Å². The Bertz CT molecular complexity index is 1350. The fraction of sp³-hybridized carbons (Fsp3) is 0.214. The molecule has 2 amide bonds. The van der Waals surface area contributed by atoms with Gasteiger partial charge in [-0.15, -0.1) is 0 Å². The third-order valence-corrected chi connectivity index (χ3v) is 7.11. The fourth-order valence-corrected chi connectivity index (χ4v) is 5.80. The molecule has 2 aliphatic heterocycles. The highest BCUT2D eigenvalue weighted by Crippen LogP contribution is 2.57. The quantitative estimate of drug-likeness (QED) is 0.435. The maximum atomic E-state index is 13.9. The zero-order valence-corrected chi connectivity index (χ0v) is 18.6. The Morgan fingerprint density at radius 3 is 1.88 bits per heavy atom. The van der Waals surface area contributed by atoms with Crippen LogP contribution in [0.1, 0.15) is 43.5 Å². The van der Waals surface area contributed by atoms with Crippen LogP contribution in [0.15, 0.2) is 72.8 Å². The van der Waals surface area contributed by atoms with Crippen molar-refractivity contribution in [2.45, 2.75) is 25.6 Å². The Balaban J connectivity index is 1.56. The van der Waals surface area contributed by atoms with Gasteiger partial charge in [-0.25, -0.2) is 4.90 Å². The van der Waals surface area contributed by atoms with Crippen molar-refractivity contribution < 1.29 is 23.9 Å². The van der Waals surface area contributed by atoms with Gasteiger partial charge in [-0.3, -0.25) is 19.2 Å². The smallest absolute Gasteiger partial charge is 0.241 e. The number of Topliss-reactive ketones (excluding diaryl/α,β-unsaturated/α-hetero) is 2. The predicted octanol–water partition coefficient (Wildman–Crippen LogP) is 4.00. The van der Waals surface area contributed by atoms with Crippen LogP contribution in [0.5, 0.6) is 0 Å². The maximum Gasteiger partial charge on any atom is 0.241 e. The number of ether oxygens (including phenoxy) is 1. The molecule has 2 heterocycles. The Morgan fingerprint density at radius 1 is 0.735 bits per heavy atom. The van der Waals surface area contributed by atoms with Crippen molar-refractivity contribution in [1.82, 2.24) is 0 Å². The summed E-state index contributed by atoms with van der Waals surface area (Å²) in [6.07, 6.45) is -0.902. The molecule has 1 aliphatic carbocycles. The van der Waals surface area contributed by atoms with E-state index < -0.39 is 46.9 Å². The van der Waals surface area contributed by atoms with Gasteiger partial charge in [0.25, 0.3) is 0 Å². The predicted molar refractivity (Wildman–Crippen MR) is 123 cm³/mol. The molecule has 0 bridgehead atoms. The maximum absolute atomic E-state index is 13.9. The molecule has 6 heteroatoms. The number of ketones is 2. The summed E-state index contributed by atoms with van der Waals surface area (Å²) in [4.78, 5) is 56.3. The van der Waals surface area contributed by atoms with Gasteiger partial charge < -0.3 is 4.74 Å². The minimum absolute atomic E-state index is 0.227. The number of carbonyl (C=O) groups excluding carboxylic acids is 4. The summed E-state index contributed by atoms with van der Waals surface area (Å²) in [6, 6.07) is 21.0. The molecule has 0 N–H and O–H groups in total. The lowest BCUT2D eigenvalue weighted by Crippen LogP contribution is -2.51. The number of aryl methyl sites for hydroxylation is 2. The number of amides is 2. The molecule has 1 spiro atoms. The van der Waals surface area contributed by atoms with E-state index in [1.165, 1.54) is 0 Å². The van der Waals surface area contributed by atoms with Crippen molar-refractivity contribution in [3.63, 3.8) is 0 Å². The fourth-order valence-electron chi connectivity index (χ4n) is 5.80. The number of imide groups is 1. The number of anilines is 1. The third-order valence-electron chi connectivity index (χ3n) is 7.11. The average Bonchev–Trinajstić information content (AvgIpc) is 3.39. The van der Waals surface area contributed by atoms with Gasteiger partial charge in [0.2, 0.25) is 29.0 Å². The molecule has 0 radical (unpaired) electrons. The molecule has 3 aromatic rings. The first-order valence-corrected chi connectivity index (χ1v) is 11.2. The van der Waals surface area contributed by atoms with Gasteiger partial charge in [0.05, 0.1) is 23.6 Å². The number of rotatable bonds is 2. The molecule has 0 unspecified atom stereocenters. The van der Waals surface area contributed by atoms with Crippen molar-refractivity contribution in [3.8, 4) is 0 Å². The molecule has 0 aromatic heterocycles. The molecule has 2 fully saturated rings. The van der Waals surface area contributed by atoms with E-state index in [1.807, 2.05) is 26.0 Å². The van der Waals surface area contributed by atoms with Crippen LogP contribution in [0.3, 0.4) is 0 Å². The van der Waals surface area contributed by atoms with Crippen molar-refractivity contribution >= 4 is 29.1 Å². The van der Waals surface area contributed by atoms with E-state index >= 15 is 0 Å². The summed E-state index contributed by atoms with van der Waals surface area (Å²) >= 11 is 0. The molecule has 3 aromatic carbocycles. The first-order valence-electron chi connectivity index (χ1n) is 11.2. The van der Waals surface area contributed by atoms with Crippen LogP contribution in [-0.4, -0.2) is 29.0 Å². The highest BCUT2D eigenvalue weighted by molar-refractivity contribution is 6.37. The molecule has 6 nitrogen and oxygen atoms in total. The van der Waals surface area contributed by atoms with Gasteiger partial charge in [-0.1, -0.05) is 60.7 Å².